The number of amides is 1. The van der Waals surface area contributed by atoms with Crippen LogP contribution >= 0.6 is 0 Å². The smallest absolute Gasteiger partial charge is 0.241 e. The maximum atomic E-state index is 13.6. The summed E-state index contributed by atoms with van der Waals surface area (Å²) in [5.74, 6) is 0.170. The molecular formula is C30H37N3O4S. The summed E-state index contributed by atoms with van der Waals surface area (Å²) < 4.78 is 35.2. The third-order valence-electron chi connectivity index (χ3n) is 7.06. The number of fused-ring (bicyclic) bond motifs is 1. The van der Waals surface area contributed by atoms with E-state index in [4.69, 9.17) is 10.1 Å². The lowest BCUT2D eigenvalue weighted by Gasteiger charge is -2.29. The number of benzene rings is 3. The van der Waals surface area contributed by atoms with Crippen LogP contribution in [-0.4, -0.2) is 50.9 Å². The van der Waals surface area contributed by atoms with Crippen LogP contribution in [0.1, 0.15) is 50.7 Å². The molecule has 8 heteroatoms. The molecule has 1 aliphatic rings. The summed E-state index contributed by atoms with van der Waals surface area (Å²) in [7, 11) is -2.19. The minimum atomic E-state index is -3.96. The maximum Gasteiger partial charge on any atom is 0.241 e. The fourth-order valence-corrected chi connectivity index (χ4v) is 6.07. The number of rotatable bonds is 10. The second-order valence-corrected chi connectivity index (χ2v) is 12.2. The first-order valence-corrected chi connectivity index (χ1v) is 14.7. The van der Waals surface area contributed by atoms with Crippen molar-refractivity contribution in [2.45, 2.75) is 62.9 Å². The summed E-state index contributed by atoms with van der Waals surface area (Å²) in [6, 6.07) is 18.9. The van der Waals surface area contributed by atoms with Gasteiger partial charge in [0, 0.05) is 18.7 Å². The molecule has 0 spiro atoms. The van der Waals surface area contributed by atoms with E-state index in [-0.39, 0.29) is 29.2 Å². The molecule has 1 amide bonds. The average molecular weight is 536 g/mol. The number of carbonyl (C=O) groups is 1. The van der Waals surface area contributed by atoms with Gasteiger partial charge in [0.25, 0.3) is 0 Å². The molecule has 2 N–H and O–H groups in total. The minimum Gasteiger partial charge on any atom is -0.477 e. The van der Waals surface area contributed by atoms with Gasteiger partial charge >= 0.3 is 0 Å². The van der Waals surface area contributed by atoms with Crippen molar-refractivity contribution in [3.63, 3.8) is 0 Å². The van der Waals surface area contributed by atoms with E-state index in [1.165, 1.54) is 0 Å². The molecule has 3 aromatic rings. The largest absolute Gasteiger partial charge is 0.477 e. The molecule has 202 valence electrons. The van der Waals surface area contributed by atoms with E-state index in [1.54, 1.807) is 42.3 Å². The Morgan fingerprint density at radius 3 is 2.34 bits per heavy atom. The lowest BCUT2D eigenvalue weighted by Crippen LogP contribution is -2.50. The Morgan fingerprint density at radius 1 is 1.03 bits per heavy atom. The SMILES string of the molecule is CC(C)COC(=N)c1ccc(C[C@H](NS(=O)(=O)c2ccc3ccccc3c2)C(=O)N(C)C2CCCC2)cc1. The number of nitrogens with zero attached hydrogens (tertiary/aromatic N) is 1. The normalized spacial score (nSPS) is 15.1. The average Bonchev–Trinajstić information content (AvgIpc) is 3.45. The van der Waals surface area contributed by atoms with Crippen molar-refractivity contribution in [3.8, 4) is 0 Å². The van der Waals surface area contributed by atoms with Crippen molar-refractivity contribution >= 4 is 32.6 Å². The number of carbonyl (C=O) groups excluding carboxylic acids is 1. The number of nitrogens with one attached hydrogen (secondary N) is 2. The highest BCUT2D eigenvalue weighted by atomic mass is 32.2. The molecule has 1 atom stereocenters. The van der Waals surface area contributed by atoms with Crippen LogP contribution in [0.2, 0.25) is 0 Å². The van der Waals surface area contributed by atoms with E-state index < -0.39 is 16.1 Å². The summed E-state index contributed by atoms with van der Waals surface area (Å²) in [6.45, 7) is 4.51. The highest BCUT2D eigenvalue weighted by Gasteiger charge is 2.32. The molecule has 0 radical (unpaired) electrons. The quantitative estimate of drug-likeness (QED) is 0.278. The van der Waals surface area contributed by atoms with E-state index >= 15 is 0 Å². The maximum absolute atomic E-state index is 13.6. The first-order chi connectivity index (χ1) is 18.1. The second-order valence-electron chi connectivity index (χ2n) is 10.5. The third-order valence-corrected chi connectivity index (χ3v) is 8.53. The van der Waals surface area contributed by atoms with Gasteiger partial charge in [-0.2, -0.15) is 4.72 Å². The standard InChI is InChI=1S/C30H37N3O4S/c1-21(2)20-37-29(31)24-14-12-22(13-15-24)18-28(30(34)33(3)26-10-6-7-11-26)32-38(35,36)27-17-16-23-8-4-5-9-25(23)19-27/h4-5,8-9,12-17,19,21,26,28,31-32H,6-7,10-11,18,20H2,1-3H3/t28-/m0/s1. The van der Waals surface area contributed by atoms with Gasteiger partial charge in [0.2, 0.25) is 21.8 Å². The topological polar surface area (TPSA) is 99.6 Å². The predicted octanol–water partition coefficient (Wildman–Crippen LogP) is 5.13. The summed E-state index contributed by atoms with van der Waals surface area (Å²) in [5.41, 5.74) is 1.43. The number of ether oxygens (including phenoxy) is 1. The highest BCUT2D eigenvalue weighted by molar-refractivity contribution is 7.89. The molecule has 1 saturated carbocycles. The monoisotopic (exact) mass is 535 g/mol. The highest BCUT2D eigenvalue weighted by Crippen LogP contribution is 2.24. The van der Waals surface area contributed by atoms with Crippen molar-refractivity contribution < 1.29 is 17.9 Å². The molecule has 1 fully saturated rings. The van der Waals surface area contributed by atoms with Crippen LogP contribution in [0.25, 0.3) is 10.8 Å². The van der Waals surface area contributed by atoms with Crippen LogP contribution in [0.5, 0.6) is 0 Å². The first-order valence-electron chi connectivity index (χ1n) is 13.2. The van der Waals surface area contributed by atoms with Gasteiger partial charge in [-0.3, -0.25) is 10.2 Å². The summed E-state index contributed by atoms with van der Waals surface area (Å²) in [5, 5.41) is 9.92. The summed E-state index contributed by atoms with van der Waals surface area (Å²) >= 11 is 0. The van der Waals surface area contributed by atoms with Crippen LogP contribution in [0, 0.1) is 11.3 Å². The van der Waals surface area contributed by atoms with E-state index in [9.17, 15) is 13.2 Å². The van der Waals surface area contributed by atoms with Gasteiger partial charge in [0.15, 0.2) is 0 Å². The number of likely N-dealkylation sites (N-methyl/N-ethyl adjacent to an activating group) is 1. The Morgan fingerprint density at radius 2 is 1.68 bits per heavy atom. The van der Waals surface area contributed by atoms with Gasteiger partial charge in [-0.25, -0.2) is 8.42 Å². The Bertz CT molecular complexity index is 1380. The predicted molar refractivity (Wildman–Crippen MR) is 151 cm³/mol. The Labute approximate surface area is 225 Å². The van der Waals surface area contributed by atoms with Crippen LogP contribution < -0.4 is 4.72 Å². The summed E-state index contributed by atoms with van der Waals surface area (Å²) in [6.07, 6.45) is 4.20. The lowest BCUT2D eigenvalue weighted by molar-refractivity contribution is -0.133. The number of hydrogen-bond acceptors (Lipinski definition) is 5. The van der Waals surface area contributed by atoms with E-state index in [0.717, 1.165) is 42.0 Å². The van der Waals surface area contributed by atoms with Gasteiger partial charge in [0.1, 0.15) is 6.04 Å². The van der Waals surface area contributed by atoms with Crippen LogP contribution in [0.15, 0.2) is 71.6 Å². The number of hydrogen-bond donors (Lipinski definition) is 2. The molecule has 38 heavy (non-hydrogen) atoms. The van der Waals surface area contributed by atoms with Gasteiger partial charge in [-0.15, -0.1) is 0 Å². The molecule has 0 bridgehead atoms. The van der Waals surface area contributed by atoms with Crippen LogP contribution in [0.4, 0.5) is 0 Å². The molecule has 3 aromatic carbocycles. The Kier molecular flexibility index (Phi) is 8.84. The van der Waals surface area contributed by atoms with Gasteiger partial charge in [-0.1, -0.05) is 69.2 Å². The van der Waals surface area contributed by atoms with Crippen molar-refractivity contribution in [1.29, 1.82) is 5.41 Å². The molecule has 4 rings (SSSR count). The van der Waals surface area contributed by atoms with Gasteiger partial charge < -0.3 is 9.64 Å². The van der Waals surface area contributed by atoms with Crippen molar-refractivity contribution in [2.75, 3.05) is 13.7 Å². The Balaban J connectivity index is 1.57. The molecule has 1 aliphatic carbocycles. The summed E-state index contributed by atoms with van der Waals surface area (Å²) in [4.78, 5) is 15.5. The van der Waals surface area contributed by atoms with Gasteiger partial charge in [-0.05, 0) is 65.8 Å². The molecular weight excluding hydrogens is 498 g/mol. The zero-order valence-corrected chi connectivity index (χ0v) is 23.1. The molecule has 0 unspecified atom stereocenters. The molecule has 7 nitrogen and oxygen atoms in total. The second kappa shape index (κ2) is 12.1. The Hall–Kier alpha value is -3.23. The van der Waals surface area contributed by atoms with Crippen molar-refractivity contribution in [1.82, 2.24) is 9.62 Å². The fraction of sp³-hybridized carbons (Fsp3) is 0.400. The van der Waals surface area contributed by atoms with E-state index in [2.05, 4.69) is 4.72 Å². The molecule has 0 aromatic heterocycles. The minimum absolute atomic E-state index is 0.0934. The number of sulfonamides is 1. The van der Waals surface area contributed by atoms with Crippen LogP contribution in [0.3, 0.4) is 0 Å². The zero-order chi connectivity index (χ0) is 27.3. The van der Waals surface area contributed by atoms with Crippen molar-refractivity contribution in [3.05, 3.63) is 77.9 Å². The first kappa shape index (κ1) is 27.8. The zero-order valence-electron chi connectivity index (χ0n) is 22.3. The molecule has 0 aliphatic heterocycles. The van der Waals surface area contributed by atoms with Crippen LogP contribution in [-0.2, 0) is 26.0 Å². The fourth-order valence-electron chi connectivity index (χ4n) is 4.85. The van der Waals surface area contributed by atoms with E-state index in [1.807, 2.05) is 50.2 Å². The molecule has 0 heterocycles. The van der Waals surface area contributed by atoms with Crippen molar-refractivity contribution in [2.24, 2.45) is 5.92 Å². The lowest BCUT2D eigenvalue weighted by atomic mass is 10.0. The third kappa shape index (κ3) is 6.79. The van der Waals surface area contributed by atoms with Gasteiger partial charge in [0.05, 0.1) is 11.5 Å². The molecule has 0 saturated heterocycles. The van der Waals surface area contributed by atoms with E-state index in [0.29, 0.717) is 18.1 Å².